The minimum Gasteiger partial charge on any atom is -0.449 e. The fourth-order valence-electron chi connectivity index (χ4n) is 2.17. The Morgan fingerprint density at radius 3 is 2.53 bits per heavy atom. The first-order valence-corrected chi connectivity index (χ1v) is 5.74. The van der Waals surface area contributed by atoms with Crippen LogP contribution in [0, 0.1) is 5.82 Å². The van der Waals surface area contributed by atoms with Crippen LogP contribution in [0.5, 0.6) is 0 Å². The number of benzene rings is 2. The second kappa shape index (κ2) is 4.31. The maximum Gasteiger partial charge on any atom is 0.339 e. The van der Waals surface area contributed by atoms with E-state index in [0.717, 1.165) is 0 Å². The predicted octanol–water partition coefficient (Wildman–Crippen LogP) is 2.90. The van der Waals surface area contributed by atoms with Crippen molar-refractivity contribution >= 4 is 12.3 Å². The first kappa shape index (κ1) is 11.6. The van der Waals surface area contributed by atoms with E-state index in [-0.39, 0.29) is 5.82 Å². The number of fused-ring (bicyclic) bond motifs is 1. The molecule has 3 nitrogen and oxygen atoms in total. The summed E-state index contributed by atoms with van der Waals surface area (Å²) < 4.78 is 18.2. The Bertz CT molecular complexity index is 662. The molecule has 0 saturated carbocycles. The molecule has 0 bridgehead atoms. The zero-order valence-electron chi connectivity index (χ0n) is 9.80. The molecule has 0 fully saturated rings. The third kappa shape index (κ3) is 1.91. The van der Waals surface area contributed by atoms with Crippen LogP contribution >= 0.6 is 0 Å². The maximum atomic E-state index is 12.9. The number of carbonyl (C=O) groups excluding carboxylic acids is 2. The average Bonchev–Trinajstić information content (AvgIpc) is 2.76. The zero-order chi connectivity index (χ0) is 13.4. The highest BCUT2D eigenvalue weighted by Gasteiger charge is 2.32. The summed E-state index contributed by atoms with van der Waals surface area (Å²) in [4.78, 5) is 22.5. The van der Waals surface area contributed by atoms with Gasteiger partial charge in [-0.3, -0.25) is 4.79 Å². The van der Waals surface area contributed by atoms with E-state index in [9.17, 15) is 14.0 Å². The summed E-state index contributed by atoms with van der Waals surface area (Å²) in [5.74, 6) is -0.808. The van der Waals surface area contributed by atoms with Gasteiger partial charge in [-0.1, -0.05) is 24.3 Å². The topological polar surface area (TPSA) is 43.4 Å². The summed E-state index contributed by atoms with van der Waals surface area (Å²) in [5, 5.41) is 0. The van der Waals surface area contributed by atoms with Crippen LogP contribution in [-0.4, -0.2) is 12.3 Å². The highest BCUT2D eigenvalue weighted by molar-refractivity contribution is 5.96. The standard InChI is InChI=1S/C15H9FO3/c16-11-4-2-10(3-5-11)14-12-6-1-9(8-17)7-13(12)15(18)19-14/h1-8,14H. The van der Waals surface area contributed by atoms with Crippen molar-refractivity contribution in [1.29, 1.82) is 0 Å². The Morgan fingerprint density at radius 1 is 1.11 bits per heavy atom. The van der Waals surface area contributed by atoms with Crippen LogP contribution in [-0.2, 0) is 4.74 Å². The number of aldehydes is 1. The molecular formula is C15H9FO3. The molecule has 1 aliphatic rings. The number of carbonyl (C=O) groups is 2. The summed E-state index contributed by atoms with van der Waals surface area (Å²) >= 11 is 0. The van der Waals surface area contributed by atoms with E-state index in [1.807, 2.05) is 0 Å². The molecule has 1 atom stereocenters. The van der Waals surface area contributed by atoms with Crippen molar-refractivity contribution in [3.05, 3.63) is 70.5 Å². The van der Waals surface area contributed by atoms with E-state index in [2.05, 4.69) is 0 Å². The fourth-order valence-corrected chi connectivity index (χ4v) is 2.17. The van der Waals surface area contributed by atoms with Crippen molar-refractivity contribution in [2.45, 2.75) is 6.10 Å². The Hall–Kier alpha value is -2.49. The van der Waals surface area contributed by atoms with Crippen LogP contribution in [0.3, 0.4) is 0 Å². The lowest BCUT2D eigenvalue weighted by atomic mass is 9.98. The first-order valence-electron chi connectivity index (χ1n) is 5.74. The monoisotopic (exact) mass is 256 g/mol. The van der Waals surface area contributed by atoms with Crippen molar-refractivity contribution in [1.82, 2.24) is 0 Å². The molecule has 1 aliphatic heterocycles. The summed E-state index contributed by atoms with van der Waals surface area (Å²) in [6, 6.07) is 10.6. The number of ether oxygens (including phenoxy) is 1. The number of hydrogen-bond acceptors (Lipinski definition) is 3. The minimum absolute atomic E-state index is 0.343. The molecule has 0 amide bonds. The Balaban J connectivity index is 2.07. The van der Waals surface area contributed by atoms with Crippen LogP contribution in [0.1, 0.15) is 37.9 Å². The van der Waals surface area contributed by atoms with Gasteiger partial charge in [0, 0.05) is 11.1 Å². The smallest absolute Gasteiger partial charge is 0.339 e. The van der Waals surface area contributed by atoms with Gasteiger partial charge in [0.1, 0.15) is 12.1 Å². The lowest BCUT2D eigenvalue weighted by Gasteiger charge is -2.10. The van der Waals surface area contributed by atoms with E-state index in [1.165, 1.54) is 18.2 Å². The summed E-state index contributed by atoms with van der Waals surface area (Å²) in [5.41, 5.74) is 2.21. The van der Waals surface area contributed by atoms with E-state index >= 15 is 0 Å². The molecule has 0 radical (unpaired) electrons. The molecule has 0 aliphatic carbocycles. The van der Waals surface area contributed by atoms with Crippen LogP contribution in [0.4, 0.5) is 4.39 Å². The van der Waals surface area contributed by atoms with Crippen molar-refractivity contribution < 1.29 is 18.7 Å². The van der Waals surface area contributed by atoms with Gasteiger partial charge >= 0.3 is 5.97 Å². The number of cyclic esters (lactones) is 1. The number of esters is 1. The third-order valence-corrected chi connectivity index (χ3v) is 3.11. The van der Waals surface area contributed by atoms with Gasteiger partial charge < -0.3 is 4.74 Å². The molecular weight excluding hydrogens is 247 g/mol. The minimum atomic E-state index is -0.538. The molecule has 0 aromatic heterocycles. The lowest BCUT2D eigenvalue weighted by molar-refractivity contribution is 0.0456. The van der Waals surface area contributed by atoms with Gasteiger partial charge in [0.15, 0.2) is 6.10 Å². The maximum absolute atomic E-state index is 12.9. The Morgan fingerprint density at radius 2 is 1.84 bits per heavy atom. The van der Waals surface area contributed by atoms with E-state index in [0.29, 0.717) is 28.5 Å². The van der Waals surface area contributed by atoms with Gasteiger partial charge in [0.2, 0.25) is 0 Å². The van der Waals surface area contributed by atoms with Crippen molar-refractivity contribution in [3.8, 4) is 0 Å². The summed E-state index contributed by atoms with van der Waals surface area (Å²) in [6.45, 7) is 0. The highest BCUT2D eigenvalue weighted by atomic mass is 19.1. The molecule has 0 spiro atoms. The van der Waals surface area contributed by atoms with Gasteiger partial charge in [-0.2, -0.15) is 0 Å². The molecule has 1 heterocycles. The molecule has 0 N–H and O–H groups in total. The van der Waals surface area contributed by atoms with Crippen LogP contribution in [0.25, 0.3) is 0 Å². The molecule has 0 saturated heterocycles. The largest absolute Gasteiger partial charge is 0.449 e. The number of halogens is 1. The second-order valence-electron chi connectivity index (χ2n) is 4.30. The third-order valence-electron chi connectivity index (χ3n) is 3.11. The fraction of sp³-hybridized carbons (Fsp3) is 0.0667. The lowest BCUT2D eigenvalue weighted by Crippen LogP contribution is -2.00. The van der Waals surface area contributed by atoms with E-state index < -0.39 is 12.1 Å². The van der Waals surface area contributed by atoms with Crippen molar-refractivity contribution in [3.63, 3.8) is 0 Å². The molecule has 2 aromatic rings. The average molecular weight is 256 g/mol. The van der Waals surface area contributed by atoms with Gasteiger partial charge in [0.25, 0.3) is 0 Å². The second-order valence-corrected chi connectivity index (χ2v) is 4.30. The van der Waals surface area contributed by atoms with Crippen molar-refractivity contribution in [2.24, 2.45) is 0 Å². The SMILES string of the molecule is O=Cc1ccc2c(c1)C(=O)OC2c1ccc(F)cc1. The van der Waals surface area contributed by atoms with Crippen LogP contribution in [0.2, 0.25) is 0 Å². The van der Waals surface area contributed by atoms with Crippen molar-refractivity contribution in [2.75, 3.05) is 0 Å². The van der Waals surface area contributed by atoms with E-state index in [1.54, 1.807) is 24.3 Å². The summed E-state index contributed by atoms with van der Waals surface area (Å²) in [7, 11) is 0. The zero-order valence-corrected chi connectivity index (χ0v) is 9.80. The Labute approximate surface area is 108 Å². The summed E-state index contributed by atoms with van der Waals surface area (Å²) in [6.07, 6.45) is 0.141. The Kier molecular flexibility index (Phi) is 2.63. The van der Waals surface area contributed by atoms with Gasteiger partial charge in [-0.15, -0.1) is 0 Å². The van der Waals surface area contributed by atoms with E-state index in [4.69, 9.17) is 4.74 Å². The molecule has 94 valence electrons. The molecule has 19 heavy (non-hydrogen) atoms. The first-order chi connectivity index (χ1) is 9.19. The van der Waals surface area contributed by atoms with Crippen LogP contribution in [0.15, 0.2) is 42.5 Å². The number of hydrogen-bond donors (Lipinski definition) is 0. The molecule has 3 rings (SSSR count). The number of rotatable bonds is 2. The quantitative estimate of drug-likeness (QED) is 0.613. The molecule has 1 unspecified atom stereocenters. The molecule has 2 aromatic carbocycles. The van der Waals surface area contributed by atoms with Gasteiger partial charge in [-0.05, 0) is 23.8 Å². The van der Waals surface area contributed by atoms with Crippen LogP contribution < -0.4 is 0 Å². The van der Waals surface area contributed by atoms with Gasteiger partial charge in [-0.25, -0.2) is 9.18 Å². The highest BCUT2D eigenvalue weighted by Crippen LogP contribution is 2.36. The normalized spacial score (nSPS) is 16.9. The predicted molar refractivity (Wildman–Crippen MR) is 65.5 cm³/mol. The van der Waals surface area contributed by atoms with Gasteiger partial charge in [0.05, 0.1) is 5.56 Å². The molecule has 4 heteroatoms.